The number of hydrogen-bond acceptors (Lipinski definition) is 2. The number of anilines is 1. The van der Waals surface area contributed by atoms with Gasteiger partial charge in [0.1, 0.15) is 12.4 Å². The molecule has 140 valence electrons. The Hall–Kier alpha value is -2.92. The molecule has 1 atom stereocenters. The lowest BCUT2D eigenvalue weighted by Crippen LogP contribution is -3.08. The van der Waals surface area contributed by atoms with Gasteiger partial charge in [-0.1, -0.05) is 42.0 Å². The van der Waals surface area contributed by atoms with Crippen LogP contribution in [0.15, 0.2) is 54.6 Å². The van der Waals surface area contributed by atoms with Crippen LogP contribution in [0.1, 0.15) is 22.4 Å². The third-order valence-electron chi connectivity index (χ3n) is 4.59. The van der Waals surface area contributed by atoms with Crippen molar-refractivity contribution in [2.75, 3.05) is 18.9 Å². The van der Waals surface area contributed by atoms with Crippen LogP contribution in [-0.4, -0.2) is 29.3 Å². The molecule has 1 heterocycles. The normalized spacial score (nSPS) is 12.0. The van der Waals surface area contributed by atoms with Gasteiger partial charge in [0.2, 0.25) is 0 Å². The maximum Gasteiger partial charge on any atom is 0.280 e. The Bertz CT molecular complexity index is 928. The maximum atomic E-state index is 12.6. The van der Waals surface area contributed by atoms with Crippen molar-refractivity contribution in [1.82, 2.24) is 9.78 Å². The topological polar surface area (TPSA) is 51.4 Å². The van der Waals surface area contributed by atoms with E-state index in [0.717, 1.165) is 22.8 Å². The number of carbonyl (C=O) groups is 1. The van der Waals surface area contributed by atoms with Crippen molar-refractivity contribution >= 4 is 11.7 Å². The highest BCUT2D eigenvalue weighted by Crippen LogP contribution is 2.17. The van der Waals surface area contributed by atoms with Gasteiger partial charge in [-0.3, -0.25) is 4.79 Å². The van der Waals surface area contributed by atoms with Crippen molar-refractivity contribution < 1.29 is 9.69 Å². The van der Waals surface area contributed by atoms with E-state index in [4.69, 9.17) is 0 Å². The standard InChI is InChI=1S/C22H26N4O/c1-16-9-11-20(12-10-16)26-21(13-18(3)24-26)23-22(27)15-25(4)14-19-8-6-5-7-17(19)2/h5-13H,14-15H2,1-4H3,(H,23,27)/p+1. The molecule has 3 rings (SSSR count). The second-order valence-corrected chi connectivity index (χ2v) is 7.20. The van der Waals surface area contributed by atoms with Crippen LogP contribution in [0, 0.1) is 20.8 Å². The molecule has 0 saturated heterocycles. The second-order valence-electron chi connectivity index (χ2n) is 7.20. The molecule has 3 aromatic rings. The molecule has 2 aromatic carbocycles. The zero-order valence-electron chi connectivity index (χ0n) is 16.4. The van der Waals surface area contributed by atoms with Crippen LogP contribution in [0.25, 0.3) is 5.69 Å². The minimum atomic E-state index is -0.0191. The Kier molecular flexibility index (Phi) is 5.72. The largest absolute Gasteiger partial charge is 0.326 e. The van der Waals surface area contributed by atoms with Crippen LogP contribution in [-0.2, 0) is 11.3 Å². The summed E-state index contributed by atoms with van der Waals surface area (Å²) in [7, 11) is 2.04. The van der Waals surface area contributed by atoms with Gasteiger partial charge in [-0.2, -0.15) is 5.10 Å². The van der Waals surface area contributed by atoms with Crippen LogP contribution in [0.3, 0.4) is 0 Å². The lowest BCUT2D eigenvalue weighted by Gasteiger charge is -2.15. The molecule has 0 aliphatic rings. The predicted molar refractivity (Wildman–Crippen MR) is 108 cm³/mol. The van der Waals surface area contributed by atoms with E-state index < -0.39 is 0 Å². The average molecular weight is 363 g/mol. The first-order valence-electron chi connectivity index (χ1n) is 9.22. The lowest BCUT2D eigenvalue weighted by atomic mass is 10.1. The van der Waals surface area contributed by atoms with Gasteiger partial charge in [-0.05, 0) is 38.5 Å². The predicted octanol–water partition coefficient (Wildman–Crippen LogP) is 2.45. The van der Waals surface area contributed by atoms with Crippen LogP contribution < -0.4 is 10.2 Å². The van der Waals surface area contributed by atoms with Gasteiger partial charge in [0.05, 0.1) is 18.4 Å². The van der Waals surface area contributed by atoms with Gasteiger partial charge in [0.25, 0.3) is 5.91 Å². The Morgan fingerprint density at radius 1 is 1.07 bits per heavy atom. The summed E-state index contributed by atoms with van der Waals surface area (Å²) in [5, 5.41) is 7.53. The van der Waals surface area contributed by atoms with Crippen molar-refractivity contribution in [3.05, 3.63) is 77.0 Å². The number of aromatic nitrogens is 2. The number of likely N-dealkylation sites (N-methyl/N-ethyl adjacent to an activating group) is 1. The molecule has 27 heavy (non-hydrogen) atoms. The smallest absolute Gasteiger partial charge is 0.280 e. The SMILES string of the molecule is Cc1ccc(-n2nc(C)cc2NC(=O)C[NH+](C)Cc2ccccc2C)cc1. The number of hydrogen-bond donors (Lipinski definition) is 2. The number of rotatable bonds is 6. The number of benzene rings is 2. The van der Waals surface area contributed by atoms with E-state index in [1.54, 1.807) is 4.68 Å². The summed E-state index contributed by atoms with van der Waals surface area (Å²) in [6.07, 6.45) is 0. The van der Waals surface area contributed by atoms with Crippen LogP contribution in [0.5, 0.6) is 0 Å². The van der Waals surface area contributed by atoms with Crippen LogP contribution in [0.4, 0.5) is 5.82 Å². The molecule has 1 unspecified atom stereocenters. The van der Waals surface area contributed by atoms with Gasteiger partial charge in [-0.25, -0.2) is 4.68 Å². The Labute approximate surface area is 160 Å². The van der Waals surface area contributed by atoms with Gasteiger partial charge in [0.15, 0.2) is 6.54 Å². The highest BCUT2D eigenvalue weighted by atomic mass is 16.2. The third-order valence-corrected chi connectivity index (χ3v) is 4.59. The highest BCUT2D eigenvalue weighted by molar-refractivity contribution is 5.91. The van der Waals surface area contributed by atoms with Crippen molar-refractivity contribution in [2.24, 2.45) is 0 Å². The molecule has 0 radical (unpaired) electrons. The monoisotopic (exact) mass is 363 g/mol. The first-order chi connectivity index (χ1) is 12.9. The molecular formula is C22H27N4O+. The number of nitrogens with one attached hydrogen (secondary N) is 2. The van der Waals surface area contributed by atoms with E-state index in [9.17, 15) is 4.79 Å². The fourth-order valence-electron chi connectivity index (χ4n) is 3.13. The number of quaternary nitrogens is 1. The molecule has 0 aliphatic carbocycles. The molecular weight excluding hydrogens is 336 g/mol. The van der Waals surface area contributed by atoms with Crippen molar-refractivity contribution in [3.63, 3.8) is 0 Å². The molecule has 1 aromatic heterocycles. The third kappa shape index (κ3) is 4.83. The van der Waals surface area contributed by atoms with Crippen molar-refractivity contribution in [2.45, 2.75) is 27.3 Å². The van der Waals surface area contributed by atoms with E-state index in [1.807, 2.05) is 63.4 Å². The first kappa shape index (κ1) is 18.9. The summed E-state index contributed by atoms with van der Waals surface area (Å²) < 4.78 is 1.78. The highest BCUT2D eigenvalue weighted by Gasteiger charge is 2.15. The number of nitrogens with zero attached hydrogens (tertiary/aromatic N) is 2. The fraction of sp³-hybridized carbons (Fsp3) is 0.273. The number of carbonyl (C=O) groups excluding carboxylic acids is 1. The van der Waals surface area contributed by atoms with E-state index in [-0.39, 0.29) is 5.91 Å². The summed E-state index contributed by atoms with van der Waals surface area (Å²) in [6, 6.07) is 18.3. The molecule has 2 N–H and O–H groups in total. The van der Waals surface area contributed by atoms with Crippen molar-refractivity contribution in [1.29, 1.82) is 0 Å². The lowest BCUT2D eigenvalue weighted by molar-refractivity contribution is -0.885. The fourth-order valence-corrected chi connectivity index (χ4v) is 3.13. The van der Waals surface area contributed by atoms with Gasteiger partial charge >= 0.3 is 0 Å². The Morgan fingerprint density at radius 3 is 2.48 bits per heavy atom. The molecule has 0 fully saturated rings. The number of aryl methyl sites for hydroxylation is 3. The van der Waals surface area contributed by atoms with E-state index in [2.05, 4.69) is 29.5 Å². The zero-order valence-corrected chi connectivity index (χ0v) is 16.4. The molecule has 0 spiro atoms. The van der Waals surface area contributed by atoms with E-state index in [1.165, 1.54) is 16.7 Å². The summed E-state index contributed by atoms with van der Waals surface area (Å²) in [6.45, 7) is 7.29. The molecule has 0 saturated carbocycles. The summed E-state index contributed by atoms with van der Waals surface area (Å²) in [4.78, 5) is 13.7. The van der Waals surface area contributed by atoms with Crippen molar-refractivity contribution in [3.8, 4) is 5.69 Å². The molecule has 5 heteroatoms. The Balaban J connectivity index is 1.67. The van der Waals surface area contributed by atoms with Gasteiger partial charge < -0.3 is 10.2 Å². The molecule has 0 bridgehead atoms. The summed E-state index contributed by atoms with van der Waals surface area (Å²) in [5.74, 6) is 0.680. The first-order valence-corrected chi connectivity index (χ1v) is 9.22. The number of amides is 1. The van der Waals surface area contributed by atoms with Crippen LogP contribution in [0.2, 0.25) is 0 Å². The van der Waals surface area contributed by atoms with Gasteiger partial charge in [0, 0.05) is 11.6 Å². The summed E-state index contributed by atoms with van der Waals surface area (Å²) >= 11 is 0. The molecule has 1 amide bonds. The molecule has 0 aliphatic heterocycles. The maximum absolute atomic E-state index is 12.6. The van der Waals surface area contributed by atoms with E-state index in [0.29, 0.717) is 12.4 Å². The minimum Gasteiger partial charge on any atom is -0.326 e. The quantitative estimate of drug-likeness (QED) is 0.707. The second kappa shape index (κ2) is 8.18. The summed E-state index contributed by atoms with van der Waals surface area (Å²) in [5.41, 5.74) is 5.51. The van der Waals surface area contributed by atoms with Crippen LogP contribution >= 0.6 is 0 Å². The average Bonchev–Trinajstić information content (AvgIpc) is 2.97. The Morgan fingerprint density at radius 2 is 1.78 bits per heavy atom. The molecule has 5 nitrogen and oxygen atoms in total. The van der Waals surface area contributed by atoms with Gasteiger partial charge in [-0.15, -0.1) is 0 Å². The van der Waals surface area contributed by atoms with E-state index >= 15 is 0 Å². The minimum absolute atomic E-state index is 0.0191. The zero-order chi connectivity index (χ0) is 19.4.